The summed E-state index contributed by atoms with van der Waals surface area (Å²) in [6.45, 7) is 0.571. The zero-order valence-electron chi connectivity index (χ0n) is 11.4. The lowest BCUT2D eigenvalue weighted by molar-refractivity contribution is 0.0866. The highest BCUT2D eigenvalue weighted by Gasteiger charge is 2.20. The van der Waals surface area contributed by atoms with Gasteiger partial charge in [0, 0.05) is 6.54 Å². The lowest BCUT2D eigenvalue weighted by Crippen LogP contribution is -2.14. The molecule has 0 radical (unpaired) electrons. The first-order valence-electron chi connectivity index (χ1n) is 6.53. The summed E-state index contributed by atoms with van der Waals surface area (Å²) in [6.07, 6.45) is 4.93. The zero-order chi connectivity index (χ0) is 13.7. The van der Waals surface area contributed by atoms with E-state index in [1.54, 1.807) is 14.2 Å². The predicted molar refractivity (Wildman–Crippen MR) is 74.7 cm³/mol. The van der Waals surface area contributed by atoms with Gasteiger partial charge in [-0.1, -0.05) is 11.6 Å². The van der Waals surface area contributed by atoms with Gasteiger partial charge in [0.15, 0.2) is 11.5 Å². The van der Waals surface area contributed by atoms with Crippen LogP contribution in [0.15, 0.2) is 12.1 Å². The molecule has 5 heteroatoms. The Balaban J connectivity index is 2.18. The standard InChI is InChI=1S/C14H20ClNO3/c1-17-14-12(15)7-10(9-16-18-2)8-13(14)19-11-5-3-4-6-11/h7-8,11,16H,3-6,9H2,1-2H3. The van der Waals surface area contributed by atoms with Crippen LogP contribution in [-0.2, 0) is 11.4 Å². The summed E-state index contributed by atoms with van der Waals surface area (Å²) in [5.41, 5.74) is 3.80. The Bertz CT molecular complexity index is 419. The van der Waals surface area contributed by atoms with Crippen LogP contribution in [0.2, 0.25) is 5.02 Å². The molecule has 1 fully saturated rings. The lowest BCUT2D eigenvalue weighted by atomic mass is 10.2. The van der Waals surface area contributed by atoms with Crippen molar-refractivity contribution in [3.05, 3.63) is 22.7 Å². The predicted octanol–water partition coefficient (Wildman–Crippen LogP) is 3.32. The number of nitrogens with one attached hydrogen (secondary N) is 1. The topological polar surface area (TPSA) is 39.7 Å². The summed E-state index contributed by atoms with van der Waals surface area (Å²) >= 11 is 6.23. The van der Waals surface area contributed by atoms with E-state index in [-0.39, 0.29) is 6.10 Å². The second-order valence-electron chi connectivity index (χ2n) is 4.66. The van der Waals surface area contributed by atoms with Crippen LogP contribution in [0.4, 0.5) is 0 Å². The SMILES string of the molecule is CONCc1cc(Cl)c(OC)c(OC2CCCC2)c1. The Morgan fingerprint density at radius 1 is 1.26 bits per heavy atom. The highest BCUT2D eigenvalue weighted by Crippen LogP contribution is 2.38. The molecule has 4 nitrogen and oxygen atoms in total. The van der Waals surface area contributed by atoms with Crippen LogP contribution in [0.25, 0.3) is 0 Å². The van der Waals surface area contributed by atoms with E-state index in [2.05, 4.69) is 5.48 Å². The lowest BCUT2D eigenvalue weighted by Gasteiger charge is -2.18. The van der Waals surface area contributed by atoms with E-state index < -0.39 is 0 Å². The molecule has 1 aliphatic carbocycles. The van der Waals surface area contributed by atoms with Crippen LogP contribution in [0.1, 0.15) is 31.2 Å². The smallest absolute Gasteiger partial charge is 0.179 e. The third kappa shape index (κ3) is 3.75. The first kappa shape index (κ1) is 14.4. The minimum atomic E-state index is 0.274. The van der Waals surface area contributed by atoms with E-state index in [1.807, 2.05) is 12.1 Å². The van der Waals surface area contributed by atoms with Crippen molar-refractivity contribution in [2.45, 2.75) is 38.3 Å². The number of hydrogen-bond donors (Lipinski definition) is 1. The fraction of sp³-hybridized carbons (Fsp3) is 0.571. The molecular weight excluding hydrogens is 266 g/mol. The maximum absolute atomic E-state index is 6.23. The number of ether oxygens (including phenoxy) is 2. The van der Waals surface area contributed by atoms with E-state index in [0.717, 1.165) is 24.2 Å². The fourth-order valence-electron chi connectivity index (χ4n) is 2.35. The van der Waals surface area contributed by atoms with E-state index in [4.69, 9.17) is 25.9 Å². The minimum Gasteiger partial charge on any atom is -0.491 e. The molecule has 1 N–H and O–H groups in total. The normalized spacial score (nSPS) is 15.7. The third-order valence-corrected chi connectivity index (χ3v) is 3.57. The molecular formula is C14H20ClNO3. The van der Waals surface area contributed by atoms with E-state index in [9.17, 15) is 0 Å². The Morgan fingerprint density at radius 3 is 2.63 bits per heavy atom. The first-order chi connectivity index (χ1) is 9.24. The van der Waals surface area contributed by atoms with Gasteiger partial charge in [-0.15, -0.1) is 0 Å². The highest BCUT2D eigenvalue weighted by atomic mass is 35.5. The summed E-state index contributed by atoms with van der Waals surface area (Å²) in [7, 11) is 3.19. The van der Waals surface area contributed by atoms with Crippen LogP contribution in [0.5, 0.6) is 11.5 Å². The van der Waals surface area contributed by atoms with Crippen molar-refractivity contribution < 1.29 is 14.3 Å². The van der Waals surface area contributed by atoms with Crippen molar-refractivity contribution in [1.29, 1.82) is 0 Å². The monoisotopic (exact) mass is 285 g/mol. The van der Waals surface area contributed by atoms with E-state index >= 15 is 0 Å². The molecule has 0 aromatic heterocycles. The van der Waals surface area contributed by atoms with Crippen molar-refractivity contribution in [3.8, 4) is 11.5 Å². The number of rotatable bonds is 6. The molecule has 1 aliphatic rings. The molecule has 1 aromatic rings. The first-order valence-corrected chi connectivity index (χ1v) is 6.91. The fourth-order valence-corrected chi connectivity index (χ4v) is 2.66. The summed E-state index contributed by atoms with van der Waals surface area (Å²) < 4.78 is 11.4. The van der Waals surface area contributed by atoms with Crippen LogP contribution < -0.4 is 15.0 Å². The number of halogens is 1. The Labute approximate surface area is 118 Å². The largest absolute Gasteiger partial charge is 0.491 e. The number of benzene rings is 1. The number of hydroxylamine groups is 1. The molecule has 0 aliphatic heterocycles. The van der Waals surface area contributed by atoms with E-state index in [0.29, 0.717) is 17.3 Å². The highest BCUT2D eigenvalue weighted by molar-refractivity contribution is 6.32. The zero-order valence-corrected chi connectivity index (χ0v) is 12.1. The van der Waals surface area contributed by atoms with Gasteiger partial charge in [-0.05, 0) is 43.4 Å². The van der Waals surface area contributed by atoms with Gasteiger partial charge in [0.2, 0.25) is 0 Å². The van der Waals surface area contributed by atoms with Crippen molar-refractivity contribution in [2.75, 3.05) is 14.2 Å². The van der Waals surface area contributed by atoms with E-state index in [1.165, 1.54) is 12.8 Å². The average molecular weight is 286 g/mol. The third-order valence-electron chi connectivity index (χ3n) is 3.29. The average Bonchev–Trinajstić information content (AvgIpc) is 2.89. The van der Waals surface area contributed by atoms with Crippen LogP contribution in [-0.4, -0.2) is 20.3 Å². The van der Waals surface area contributed by atoms with Crippen LogP contribution in [0, 0.1) is 0 Å². The van der Waals surface area contributed by atoms with Crippen molar-refractivity contribution in [3.63, 3.8) is 0 Å². The molecule has 0 unspecified atom stereocenters. The van der Waals surface area contributed by atoms with Crippen LogP contribution in [0.3, 0.4) is 0 Å². The Hall–Kier alpha value is -0.970. The molecule has 0 heterocycles. The molecule has 0 spiro atoms. The maximum atomic E-state index is 6.23. The maximum Gasteiger partial charge on any atom is 0.179 e. The molecule has 1 saturated carbocycles. The second-order valence-corrected chi connectivity index (χ2v) is 5.07. The summed E-state index contributed by atoms with van der Waals surface area (Å²) in [5, 5.41) is 0.561. The number of methoxy groups -OCH3 is 1. The minimum absolute atomic E-state index is 0.274. The van der Waals surface area contributed by atoms with Gasteiger partial charge in [-0.2, -0.15) is 5.48 Å². The van der Waals surface area contributed by atoms with Gasteiger partial charge in [0.25, 0.3) is 0 Å². The Kier molecular flexibility index (Phi) is 5.31. The van der Waals surface area contributed by atoms with Crippen molar-refractivity contribution in [2.24, 2.45) is 0 Å². The van der Waals surface area contributed by atoms with Crippen molar-refractivity contribution in [1.82, 2.24) is 5.48 Å². The molecule has 0 amide bonds. The summed E-state index contributed by atoms with van der Waals surface area (Å²) in [5.74, 6) is 1.32. The van der Waals surface area contributed by atoms with Crippen LogP contribution >= 0.6 is 11.6 Å². The quantitative estimate of drug-likeness (QED) is 0.814. The molecule has 0 saturated heterocycles. The molecule has 2 rings (SSSR count). The summed E-state index contributed by atoms with van der Waals surface area (Å²) in [6, 6.07) is 3.81. The molecule has 0 atom stereocenters. The molecule has 106 valence electrons. The van der Waals surface area contributed by atoms with Gasteiger partial charge < -0.3 is 14.3 Å². The van der Waals surface area contributed by atoms with Gasteiger partial charge in [0.1, 0.15) is 0 Å². The van der Waals surface area contributed by atoms with Gasteiger partial charge in [-0.3, -0.25) is 0 Å². The van der Waals surface area contributed by atoms with Crippen molar-refractivity contribution >= 4 is 11.6 Å². The second kappa shape index (κ2) is 6.98. The van der Waals surface area contributed by atoms with Gasteiger partial charge >= 0.3 is 0 Å². The molecule has 19 heavy (non-hydrogen) atoms. The Morgan fingerprint density at radius 2 is 2.00 bits per heavy atom. The summed E-state index contributed by atoms with van der Waals surface area (Å²) in [4.78, 5) is 4.85. The molecule has 1 aromatic carbocycles. The van der Waals surface area contributed by atoms with Gasteiger partial charge in [-0.25, -0.2) is 0 Å². The molecule has 0 bridgehead atoms. The number of hydrogen-bond acceptors (Lipinski definition) is 4. The van der Waals surface area contributed by atoms with Gasteiger partial charge in [0.05, 0.1) is 25.3 Å².